The second-order valence-electron chi connectivity index (χ2n) is 13.6. The maximum absolute atomic E-state index is 16.0. The summed E-state index contributed by atoms with van der Waals surface area (Å²) in [5.41, 5.74) is -0.147. The molecule has 2 saturated heterocycles. The highest BCUT2D eigenvalue weighted by Crippen LogP contribution is 2.48. The zero-order valence-corrected chi connectivity index (χ0v) is 28.4. The zero-order chi connectivity index (χ0) is 37.6. The van der Waals surface area contributed by atoms with E-state index in [4.69, 9.17) is 10.00 Å². The van der Waals surface area contributed by atoms with Crippen molar-refractivity contribution in [2.24, 2.45) is 7.05 Å². The number of likely N-dealkylation sites (tertiary alicyclic amines) is 1. The molecule has 0 aliphatic carbocycles. The number of imidazole rings is 1. The first-order valence-electron chi connectivity index (χ1n) is 17.1. The molecule has 6 aromatic rings. The number of hydrogen-bond donors (Lipinski definition) is 0. The van der Waals surface area contributed by atoms with Crippen LogP contribution in [0.5, 0.6) is 5.75 Å². The summed E-state index contributed by atoms with van der Waals surface area (Å²) >= 11 is 0. The molecule has 4 aromatic heterocycles. The summed E-state index contributed by atoms with van der Waals surface area (Å²) in [4.78, 5) is 38.6. The van der Waals surface area contributed by atoms with Crippen LogP contribution < -0.4 is 9.64 Å². The predicted molar refractivity (Wildman–Crippen MR) is 182 cm³/mol. The van der Waals surface area contributed by atoms with Gasteiger partial charge in [0.15, 0.2) is 11.6 Å². The van der Waals surface area contributed by atoms with Gasteiger partial charge in [-0.2, -0.15) is 23.1 Å². The van der Waals surface area contributed by atoms with E-state index in [9.17, 15) is 22.8 Å². The molecule has 2 unspecified atom stereocenters. The van der Waals surface area contributed by atoms with Gasteiger partial charge in [-0.25, -0.2) is 23.5 Å². The number of nitriles is 1. The number of anilines is 1. The third-order valence-corrected chi connectivity index (χ3v) is 10.6. The molecule has 2 fully saturated rings. The molecule has 0 N–H and O–H groups in total. The minimum absolute atomic E-state index is 0.0122. The Morgan fingerprint density at radius 2 is 1.87 bits per heavy atom. The van der Waals surface area contributed by atoms with E-state index in [0.717, 1.165) is 22.9 Å². The van der Waals surface area contributed by atoms with Crippen LogP contribution in [0.3, 0.4) is 0 Å². The molecule has 0 saturated carbocycles. The normalized spacial score (nSPS) is 18.0. The fourth-order valence-electron chi connectivity index (χ4n) is 8.14. The number of carbonyl (C=O) groups is 2. The number of hydrogen-bond acceptors (Lipinski definition) is 8. The highest BCUT2D eigenvalue weighted by Gasteiger charge is 2.49. The van der Waals surface area contributed by atoms with Crippen LogP contribution in [0.15, 0.2) is 55.2 Å². The first kappa shape index (κ1) is 33.5. The molecular weight excluding hydrogens is 713 g/mol. The number of ketones is 1. The lowest BCUT2D eigenvalue weighted by molar-refractivity contribution is -0.137. The van der Waals surface area contributed by atoms with Crippen LogP contribution in [0, 0.1) is 23.0 Å². The van der Waals surface area contributed by atoms with Gasteiger partial charge >= 0.3 is 12.2 Å². The Hall–Kier alpha value is -6.31. The predicted octanol–water partition coefficient (Wildman–Crippen LogP) is 5.93. The fraction of sp³-hybridized carbons (Fsp3) is 0.297. The van der Waals surface area contributed by atoms with Crippen LogP contribution in [0.2, 0.25) is 0 Å². The number of aromatic nitrogens is 6. The van der Waals surface area contributed by atoms with Crippen LogP contribution in [-0.2, 0) is 26.1 Å². The number of carbonyl (C=O) groups excluding carboxylic acids is 2. The number of piperidine rings is 1. The quantitative estimate of drug-likeness (QED) is 0.161. The van der Waals surface area contributed by atoms with Crippen molar-refractivity contribution in [2.75, 3.05) is 24.6 Å². The van der Waals surface area contributed by atoms with E-state index in [2.05, 4.69) is 15.1 Å². The van der Waals surface area contributed by atoms with Crippen molar-refractivity contribution in [3.63, 3.8) is 0 Å². The summed E-state index contributed by atoms with van der Waals surface area (Å²) in [6.45, 7) is 0.484. The lowest BCUT2D eigenvalue weighted by Gasteiger charge is -2.55. The van der Waals surface area contributed by atoms with E-state index < -0.39 is 35.2 Å². The second-order valence-corrected chi connectivity index (χ2v) is 13.6. The summed E-state index contributed by atoms with van der Waals surface area (Å²) in [6.07, 6.45) is 0.736. The SMILES string of the molecule is Cn1cnc2c3c(c(C(F)(F)F)cc21)-c1cccn2c(C(=O)c4cc(F)c(N5CCCC6C5CN6C(=O)n5cnc(CC#N)n5)c(F)c4)cc(c12)CCO3. The average Bonchev–Trinajstić information content (AvgIpc) is 3.84. The Kier molecular flexibility index (Phi) is 7.52. The molecule has 9 rings (SSSR count). The Labute approximate surface area is 302 Å². The lowest BCUT2D eigenvalue weighted by Crippen LogP contribution is -2.71. The molecule has 12 nitrogen and oxygen atoms in total. The van der Waals surface area contributed by atoms with Gasteiger partial charge in [-0.1, -0.05) is 6.07 Å². The van der Waals surface area contributed by atoms with Gasteiger partial charge in [0.1, 0.15) is 29.2 Å². The van der Waals surface area contributed by atoms with Crippen molar-refractivity contribution in [3.8, 4) is 22.9 Å². The summed E-state index contributed by atoms with van der Waals surface area (Å²) in [7, 11) is 1.59. The number of pyridine rings is 1. The highest BCUT2D eigenvalue weighted by atomic mass is 19.4. The molecule has 2 aromatic carbocycles. The second kappa shape index (κ2) is 12.1. The largest absolute Gasteiger partial charge is 0.490 e. The van der Waals surface area contributed by atoms with Gasteiger partial charge in [0.25, 0.3) is 0 Å². The van der Waals surface area contributed by atoms with Crippen molar-refractivity contribution in [1.29, 1.82) is 5.26 Å². The van der Waals surface area contributed by atoms with E-state index >= 15 is 8.78 Å². The van der Waals surface area contributed by atoms with Gasteiger partial charge in [-0.05, 0) is 48.7 Å². The van der Waals surface area contributed by atoms with E-state index in [1.807, 2.05) is 6.07 Å². The third-order valence-electron chi connectivity index (χ3n) is 10.6. The van der Waals surface area contributed by atoms with E-state index in [1.54, 1.807) is 16.8 Å². The molecule has 2 atom stereocenters. The monoisotopic (exact) mass is 741 g/mol. The van der Waals surface area contributed by atoms with Crippen LogP contribution in [-0.4, -0.2) is 77.2 Å². The van der Waals surface area contributed by atoms with Crippen LogP contribution in [0.1, 0.15) is 45.8 Å². The minimum atomic E-state index is -4.76. The Morgan fingerprint density at radius 1 is 1.07 bits per heavy atom. The number of fused-ring (bicyclic) bond motifs is 5. The number of amides is 1. The molecule has 3 aliphatic heterocycles. The maximum Gasteiger partial charge on any atom is 0.417 e. The first-order chi connectivity index (χ1) is 25.9. The molecule has 3 aliphatic rings. The topological polar surface area (TPSA) is 127 Å². The molecular formula is C37H28F5N9O3. The lowest BCUT2D eigenvalue weighted by atomic mass is 9.86. The van der Waals surface area contributed by atoms with Gasteiger partial charge in [-0.3, -0.25) is 4.79 Å². The number of ether oxygens (including phenoxy) is 1. The van der Waals surface area contributed by atoms with Crippen molar-refractivity contribution >= 4 is 34.1 Å². The van der Waals surface area contributed by atoms with E-state index in [-0.39, 0.29) is 88.8 Å². The number of rotatable bonds is 4. The Morgan fingerprint density at radius 3 is 2.63 bits per heavy atom. The van der Waals surface area contributed by atoms with E-state index in [0.29, 0.717) is 30.5 Å². The highest BCUT2D eigenvalue weighted by molar-refractivity contribution is 6.10. The van der Waals surface area contributed by atoms with Gasteiger partial charge in [0.05, 0.1) is 59.8 Å². The van der Waals surface area contributed by atoms with Crippen LogP contribution in [0.4, 0.5) is 32.4 Å². The smallest absolute Gasteiger partial charge is 0.417 e. The summed E-state index contributed by atoms with van der Waals surface area (Å²) in [5.74, 6) is -2.46. The molecule has 0 bridgehead atoms. The van der Waals surface area contributed by atoms with Gasteiger partial charge in [0, 0.05) is 49.4 Å². The van der Waals surface area contributed by atoms with Gasteiger partial charge in [0.2, 0.25) is 5.78 Å². The number of nitrogens with zero attached hydrogens (tertiary/aromatic N) is 9. The maximum atomic E-state index is 16.0. The van der Waals surface area contributed by atoms with Gasteiger partial charge in [-0.15, -0.1) is 5.10 Å². The molecule has 274 valence electrons. The number of alkyl halides is 3. The van der Waals surface area contributed by atoms with Crippen molar-refractivity contribution < 1.29 is 36.3 Å². The number of aryl methyl sites for hydroxylation is 1. The van der Waals surface area contributed by atoms with Crippen molar-refractivity contribution in [3.05, 3.63) is 95.1 Å². The summed E-state index contributed by atoms with van der Waals surface area (Å²) in [6, 6.07) is 8.26. The van der Waals surface area contributed by atoms with Crippen LogP contribution in [0.25, 0.3) is 27.7 Å². The van der Waals surface area contributed by atoms with Crippen LogP contribution >= 0.6 is 0 Å². The minimum Gasteiger partial charge on any atom is -0.490 e. The van der Waals surface area contributed by atoms with Crippen molar-refractivity contribution in [1.82, 2.24) is 33.6 Å². The number of benzene rings is 2. The Bertz CT molecular complexity index is 2580. The molecule has 17 heteroatoms. The zero-order valence-electron chi connectivity index (χ0n) is 28.4. The fourth-order valence-corrected chi connectivity index (χ4v) is 8.14. The molecule has 1 amide bonds. The number of halogens is 5. The van der Waals surface area contributed by atoms with Crippen molar-refractivity contribution in [2.45, 2.75) is 43.9 Å². The van der Waals surface area contributed by atoms with E-state index in [1.165, 1.54) is 46.0 Å². The first-order valence-corrected chi connectivity index (χ1v) is 17.1. The summed E-state index contributed by atoms with van der Waals surface area (Å²) < 4.78 is 86.0. The third kappa shape index (κ3) is 5.03. The Balaban J connectivity index is 1.05. The average molecular weight is 742 g/mol. The molecule has 7 heterocycles. The summed E-state index contributed by atoms with van der Waals surface area (Å²) in [5, 5.41) is 12.9. The standard InChI is InChI=1S/C37H28F5N9O3/c1-47-17-45-31-26(47)15-22(37(40,41)42)30-21-4-2-9-48-27(14-19(32(21)48)7-11-54-35(30)31)34(52)20-12-23(38)33(24(39)13-20)49-10-3-5-25-28(49)16-50(25)36(53)51-18-44-29(46-51)6-8-43/h2,4,9,12-15,17-18,25,28H,3,5-7,10-11,16H2,1H3. The molecule has 54 heavy (non-hydrogen) atoms. The van der Waals surface area contributed by atoms with Gasteiger partial charge < -0.3 is 23.5 Å². The molecule has 0 radical (unpaired) electrons. The molecule has 0 spiro atoms.